The van der Waals surface area contributed by atoms with E-state index in [2.05, 4.69) is 0 Å². The van der Waals surface area contributed by atoms with Gasteiger partial charge < -0.3 is 0 Å². The van der Waals surface area contributed by atoms with Gasteiger partial charge >= 0.3 is 0 Å². The van der Waals surface area contributed by atoms with Crippen molar-refractivity contribution >= 4 is 21.6 Å². The van der Waals surface area contributed by atoms with Gasteiger partial charge in [-0.25, -0.2) is 17.2 Å². The second kappa shape index (κ2) is 7.31. The highest BCUT2D eigenvalue weighted by molar-refractivity contribution is 7.89. The van der Waals surface area contributed by atoms with Crippen molar-refractivity contribution in [2.75, 3.05) is 6.54 Å². The van der Waals surface area contributed by atoms with Gasteiger partial charge in [0.1, 0.15) is 17.7 Å². The number of hydrogen-bond acceptors (Lipinski definition) is 3. The molecule has 26 heavy (non-hydrogen) atoms. The van der Waals surface area contributed by atoms with E-state index in [1.807, 2.05) is 0 Å². The molecule has 1 saturated heterocycles. The van der Waals surface area contributed by atoms with Gasteiger partial charge in [0.05, 0.1) is 10.5 Å². The molecule has 1 atom stereocenters. The van der Waals surface area contributed by atoms with Crippen LogP contribution in [-0.4, -0.2) is 25.3 Å². The van der Waals surface area contributed by atoms with E-state index in [1.54, 1.807) is 12.1 Å². The molecule has 8 heteroatoms. The van der Waals surface area contributed by atoms with E-state index in [-0.39, 0.29) is 34.0 Å². The quantitative estimate of drug-likeness (QED) is 0.787. The average Bonchev–Trinajstić information content (AvgIpc) is 3.07. The van der Waals surface area contributed by atoms with Crippen LogP contribution in [0.15, 0.2) is 41.3 Å². The summed E-state index contributed by atoms with van der Waals surface area (Å²) in [5.41, 5.74) is -0.0583. The van der Waals surface area contributed by atoms with Gasteiger partial charge in [-0.05, 0) is 49.6 Å². The van der Waals surface area contributed by atoms with Gasteiger partial charge in [0, 0.05) is 23.2 Å². The van der Waals surface area contributed by atoms with Crippen molar-refractivity contribution in [1.29, 1.82) is 5.26 Å². The van der Waals surface area contributed by atoms with E-state index in [1.165, 1.54) is 16.4 Å². The van der Waals surface area contributed by atoms with Crippen LogP contribution in [0, 0.1) is 23.0 Å². The molecule has 0 radical (unpaired) electrons. The summed E-state index contributed by atoms with van der Waals surface area (Å²) in [6, 6.07) is 8.65. The number of halogens is 3. The first kappa shape index (κ1) is 18.8. The fourth-order valence-corrected chi connectivity index (χ4v) is 5.14. The predicted molar refractivity (Wildman–Crippen MR) is 93.1 cm³/mol. The largest absolute Gasteiger partial charge is 0.243 e. The van der Waals surface area contributed by atoms with Crippen LogP contribution >= 0.6 is 11.6 Å². The van der Waals surface area contributed by atoms with E-state index < -0.39 is 27.7 Å². The van der Waals surface area contributed by atoms with E-state index in [0.717, 1.165) is 18.2 Å². The Bertz CT molecular complexity index is 969. The lowest BCUT2D eigenvalue weighted by atomic mass is 10.0. The average molecular weight is 397 g/mol. The Kier molecular flexibility index (Phi) is 5.28. The molecule has 2 aromatic carbocycles. The summed E-state index contributed by atoms with van der Waals surface area (Å²) in [6.45, 7) is 0.276. The maximum Gasteiger partial charge on any atom is 0.243 e. The molecular weight excluding hydrogens is 382 g/mol. The van der Waals surface area contributed by atoms with Gasteiger partial charge in [0.25, 0.3) is 0 Å². The summed E-state index contributed by atoms with van der Waals surface area (Å²) in [6.07, 6.45) is 1.34. The molecule has 0 amide bonds. The van der Waals surface area contributed by atoms with Crippen LogP contribution in [0.4, 0.5) is 8.78 Å². The summed E-state index contributed by atoms with van der Waals surface area (Å²) >= 11 is 6.06. The van der Waals surface area contributed by atoms with Crippen LogP contribution in [0.1, 0.15) is 24.0 Å². The van der Waals surface area contributed by atoms with Crippen LogP contribution in [0.3, 0.4) is 0 Å². The number of nitriles is 1. The molecule has 0 aliphatic carbocycles. The Hall–Kier alpha value is -2.01. The highest BCUT2D eigenvalue weighted by Crippen LogP contribution is 2.31. The Labute approximate surface area is 155 Å². The van der Waals surface area contributed by atoms with Gasteiger partial charge in [-0.3, -0.25) is 0 Å². The summed E-state index contributed by atoms with van der Waals surface area (Å²) in [5, 5.41) is 9.18. The van der Waals surface area contributed by atoms with Gasteiger partial charge in [-0.1, -0.05) is 17.7 Å². The normalized spacial score (nSPS) is 18.0. The van der Waals surface area contributed by atoms with Crippen molar-refractivity contribution in [3.63, 3.8) is 0 Å². The number of benzene rings is 2. The Morgan fingerprint density at radius 2 is 2.00 bits per heavy atom. The summed E-state index contributed by atoms with van der Waals surface area (Å²) < 4.78 is 54.7. The fourth-order valence-electron chi connectivity index (χ4n) is 3.18. The predicted octanol–water partition coefficient (Wildman–Crippen LogP) is 3.89. The minimum absolute atomic E-state index is 0.150. The molecule has 2 aromatic rings. The van der Waals surface area contributed by atoms with Crippen LogP contribution in [-0.2, 0) is 16.4 Å². The maximum atomic E-state index is 14.1. The molecule has 3 rings (SSSR count). The third kappa shape index (κ3) is 3.45. The third-order valence-corrected chi connectivity index (χ3v) is 6.79. The Morgan fingerprint density at radius 1 is 1.23 bits per heavy atom. The molecule has 0 aromatic heterocycles. The molecule has 136 valence electrons. The van der Waals surface area contributed by atoms with Crippen molar-refractivity contribution in [1.82, 2.24) is 4.31 Å². The van der Waals surface area contributed by atoms with Gasteiger partial charge in [0.2, 0.25) is 10.0 Å². The first-order valence-corrected chi connectivity index (χ1v) is 9.81. The molecule has 0 N–H and O–H groups in total. The van der Waals surface area contributed by atoms with Crippen molar-refractivity contribution < 1.29 is 17.2 Å². The molecular formula is C18H15ClF2N2O2S. The molecule has 0 spiro atoms. The molecule has 1 aliphatic heterocycles. The van der Waals surface area contributed by atoms with Crippen molar-refractivity contribution in [2.24, 2.45) is 0 Å². The van der Waals surface area contributed by atoms with Crippen LogP contribution in [0.2, 0.25) is 5.02 Å². The fraction of sp³-hybridized carbons (Fsp3) is 0.278. The number of rotatable bonds is 4. The first-order chi connectivity index (χ1) is 12.3. The number of hydrogen-bond donors (Lipinski definition) is 0. The second-order valence-corrected chi connectivity index (χ2v) is 8.37. The standard InChI is InChI=1S/C18H15ClF2N2O2S/c19-16-4-1-5-18(21)15(16)10-13-3-2-8-23(13)26(24,25)14-6-7-17(20)12(9-14)11-22/h1,4-7,9,13H,2-3,8,10H2. The maximum absolute atomic E-state index is 14.1. The van der Waals surface area contributed by atoms with Crippen molar-refractivity contribution in [3.05, 3.63) is 64.2 Å². The van der Waals surface area contributed by atoms with E-state index in [9.17, 15) is 17.2 Å². The zero-order chi connectivity index (χ0) is 18.9. The lowest BCUT2D eigenvalue weighted by Gasteiger charge is -2.24. The Balaban J connectivity index is 1.93. The minimum atomic E-state index is -3.93. The molecule has 1 fully saturated rings. The van der Waals surface area contributed by atoms with Gasteiger partial charge in [-0.15, -0.1) is 0 Å². The molecule has 1 unspecified atom stereocenters. The number of nitrogens with zero attached hydrogens (tertiary/aromatic N) is 2. The van der Waals surface area contributed by atoms with Gasteiger partial charge in [-0.2, -0.15) is 9.57 Å². The lowest BCUT2D eigenvalue weighted by molar-refractivity contribution is 0.382. The van der Waals surface area contributed by atoms with Crippen molar-refractivity contribution in [3.8, 4) is 6.07 Å². The zero-order valence-corrected chi connectivity index (χ0v) is 15.2. The summed E-state index contributed by atoms with van der Waals surface area (Å²) in [7, 11) is -3.93. The van der Waals surface area contributed by atoms with E-state index >= 15 is 0 Å². The molecule has 0 bridgehead atoms. The summed E-state index contributed by atoms with van der Waals surface area (Å²) in [4.78, 5) is -0.151. The topological polar surface area (TPSA) is 61.2 Å². The SMILES string of the molecule is N#Cc1cc(S(=O)(=O)N2CCCC2Cc2c(F)cccc2Cl)ccc1F. The Morgan fingerprint density at radius 3 is 2.69 bits per heavy atom. The number of sulfonamides is 1. The van der Waals surface area contributed by atoms with Crippen LogP contribution in [0.25, 0.3) is 0 Å². The molecule has 1 aliphatic rings. The first-order valence-electron chi connectivity index (χ1n) is 7.99. The summed E-state index contributed by atoms with van der Waals surface area (Å²) in [5.74, 6) is -1.25. The monoisotopic (exact) mass is 396 g/mol. The molecule has 0 saturated carbocycles. The zero-order valence-electron chi connectivity index (χ0n) is 13.6. The van der Waals surface area contributed by atoms with Crippen molar-refractivity contribution in [2.45, 2.75) is 30.2 Å². The van der Waals surface area contributed by atoms with Gasteiger partial charge in [0.15, 0.2) is 0 Å². The second-order valence-electron chi connectivity index (χ2n) is 6.07. The smallest absolute Gasteiger partial charge is 0.207 e. The minimum Gasteiger partial charge on any atom is -0.207 e. The highest BCUT2D eigenvalue weighted by Gasteiger charge is 2.36. The third-order valence-electron chi connectivity index (χ3n) is 4.49. The van der Waals surface area contributed by atoms with E-state index in [0.29, 0.717) is 12.8 Å². The van der Waals surface area contributed by atoms with Crippen LogP contribution < -0.4 is 0 Å². The lowest BCUT2D eigenvalue weighted by Crippen LogP contribution is -2.37. The molecule has 4 nitrogen and oxygen atoms in total. The molecule has 1 heterocycles. The van der Waals surface area contributed by atoms with Crippen LogP contribution in [0.5, 0.6) is 0 Å². The van der Waals surface area contributed by atoms with E-state index in [4.69, 9.17) is 16.9 Å². The highest BCUT2D eigenvalue weighted by atomic mass is 35.5.